The van der Waals surface area contributed by atoms with E-state index < -0.39 is 0 Å². The van der Waals surface area contributed by atoms with Gasteiger partial charge in [0.2, 0.25) is 0 Å². The van der Waals surface area contributed by atoms with Crippen molar-refractivity contribution in [3.05, 3.63) is 53.5 Å². The maximum absolute atomic E-state index is 12.5. The number of fused-ring (bicyclic) bond motifs is 2. The molecule has 0 aromatic carbocycles. The van der Waals surface area contributed by atoms with Gasteiger partial charge < -0.3 is 5.32 Å². The second-order valence-electron chi connectivity index (χ2n) is 6.65. The zero-order chi connectivity index (χ0) is 17.7. The van der Waals surface area contributed by atoms with Crippen LogP contribution in [0.4, 0.5) is 5.82 Å². The normalized spacial score (nSPS) is 19.6. The lowest BCUT2D eigenvalue weighted by Gasteiger charge is -2.36. The monoisotopic (exact) mass is 347 g/mol. The number of aryl methyl sites for hydroxylation is 1. The van der Waals surface area contributed by atoms with Crippen molar-refractivity contribution in [2.45, 2.75) is 24.9 Å². The van der Waals surface area contributed by atoms with Gasteiger partial charge in [-0.1, -0.05) is 0 Å². The van der Waals surface area contributed by atoms with Gasteiger partial charge in [-0.25, -0.2) is 19.7 Å². The summed E-state index contributed by atoms with van der Waals surface area (Å²) in [6, 6.07) is 6.36. The number of anilines is 1. The molecule has 1 saturated carbocycles. The van der Waals surface area contributed by atoms with Crippen molar-refractivity contribution in [1.29, 1.82) is 0 Å². The standard InChI is InChI=1S/C18H17N7O/c1-24-16-17(21-7-6-20-16)25(18(24)26)13-8-12(9-13)22-15-3-2-11-4-5-19-10-14(11)23-15/h2-7,10,12-13H,8-9H2,1H3,(H,22,23). The molecular formula is C18H17N7O. The lowest BCUT2D eigenvalue weighted by atomic mass is 9.86. The van der Waals surface area contributed by atoms with Crippen molar-refractivity contribution < 1.29 is 0 Å². The highest BCUT2D eigenvalue weighted by Crippen LogP contribution is 2.34. The summed E-state index contributed by atoms with van der Waals surface area (Å²) in [6.45, 7) is 0. The second-order valence-corrected chi connectivity index (χ2v) is 6.65. The topological polar surface area (TPSA) is 90.5 Å². The average molecular weight is 347 g/mol. The van der Waals surface area contributed by atoms with E-state index in [1.54, 1.807) is 41.0 Å². The summed E-state index contributed by atoms with van der Waals surface area (Å²) < 4.78 is 3.32. The molecule has 1 aliphatic rings. The van der Waals surface area contributed by atoms with E-state index in [0.717, 1.165) is 29.6 Å². The molecule has 26 heavy (non-hydrogen) atoms. The van der Waals surface area contributed by atoms with E-state index in [4.69, 9.17) is 0 Å². The van der Waals surface area contributed by atoms with Crippen molar-refractivity contribution in [1.82, 2.24) is 29.1 Å². The zero-order valence-corrected chi connectivity index (χ0v) is 14.2. The summed E-state index contributed by atoms with van der Waals surface area (Å²) in [6.07, 6.45) is 8.46. The number of imidazole rings is 1. The van der Waals surface area contributed by atoms with Gasteiger partial charge in [-0.05, 0) is 31.0 Å². The molecule has 5 rings (SSSR count). The number of rotatable bonds is 3. The number of hydrogen-bond donors (Lipinski definition) is 1. The Morgan fingerprint density at radius 1 is 1.08 bits per heavy atom. The van der Waals surface area contributed by atoms with Crippen LogP contribution < -0.4 is 11.0 Å². The molecule has 1 aliphatic carbocycles. The quantitative estimate of drug-likeness (QED) is 0.609. The van der Waals surface area contributed by atoms with Crippen LogP contribution in [0.1, 0.15) is 18.9 Å². The van der Waals surface area contributed by atoms with Gasteiger partial charge in [0.1, 0.15) is 5.82 Å². The predicted octanol–water partition coefficient (Wildman–Crippen LogP) is 1.89. The molecule has 4 aromatic rings. The minimum Gasteiger partial charge on any atom is -0.367 e. The number of pyridine rings is 2. The molecule has 0 radical (unpaired) electrons. The number of aromatic nitrogens is 6. The number of nitrogens with one attached hydrogen (secondary N) is 1. The van der Waals surface area contributed by atoms with E-state index >= 15 is 0 Å². The Labute approximate surface area is 148 Å². The summed E-state index contributed by atoms with van der Waals surface area (Å²) in [5.41, 5.74) is 2.08. The molecule has 0 saturated heterocycles. The summed E-state index contributed by atoms with van der Waals surface area (Å²) in [5.74, 6) is 0.832. The van der Waals surface area contributed by atoms with Crippen molar-refractivity contribution >= 4 is 28.0 Å². The molecule has 0 unspecified atom stereocenters. The molecular weight excluding hydrogens is 330 g/mol. The average Bonchev–Trinajstić information content (AvgIpc) is 2.89. The van der Waals surface area contributed by atoms with Gasteiger partial charge in [0.15, 0.2) is 11.3 Å². The highest BCUT2D eigenvalue weighted by molar-refractivity contribution is 5.79. The lowest BCUT2D eigenvalue weighted by Crippen LogP contribution is -2.41. The van der Waals surface area contributed by atoms with Gasteiger partial charge in [0.25, 0.3) is 0 Å². The van der Waals surface area contributed by atoms with E-state index in [1.807, 2.05) is 18.2 Å². The summed E-state index contributed by atoms with van der Waals surface area (Å²) in [5, 5.41) is 4.51. The summed E-state index contributed by atoms with van der Waals surface area (Å²) in [4.78, 5) is 29.9. The first-order valence-electron chi connectivity index (χ1n) is 8.56. The Kier molecular flexibility index (Phi) is 3.24. The van der Waals surface area contributed by atoms with E-state index in [0.29, 0.717) is 11.3 Å². The molecule has 0 aliphatic heterocycles. The van der Waals surface area contributed by atoms with Crippen LogP contribution in [0.25, 0.3) is 22.2 Å². The fourth-order valence-electron chi connectivity index (χ4n) is 3.57. The third-order valence-corrected chi connectivity index (χ3v) is 5.02. The maximum atomic E-state index is 12.5. The van der Waals surface area contributed by atoms with Crippen molar-refractivity contribution in [2.24, 2.45) is 7.05 Å². The smallest absolute Gasteiger partial charge is 0.331 e. The van der Waals surface area contributed by atoms with Crippen LogP contribution in [0.2, 0.25) is 0 Å². The van der Waals surface area contributed by atoms with Crippen molar-refractivity contribution in [3.8, 4) is 0 Å². The SMILES string of the molecule is Cn1c(=O)n(C2CC(Nc3ccc4ccncc4n3)C2)c2nccnc21. The minimum absolute atomic E-state index is 0.0652. The fourth-order valence-corrected chi connectivity index (χ4v) is 3.57. The molecule has 130 valence electrons. The first-order valence-corrected chi connectivity index (χ1v) is 8.56. The molecule has 4 heterocycles. The molecule has 8 heteroatoms. The highest BCUT2D eigenvalue weighted by atomic mass is 16.1. The first kappa shape index (κ1) is 15.0. The van der Waals surface area contributed by atoms with Gasteiger partial charge >= 0.3 is 5.69 Å². The van der Waals surface area contributed by atoms with Gasteiger partial charge in [-0.15, -0.1) is 0 Å². The number of nitrogens with zero attached hydrogens (tertiary/aromatic N) is 6. The van der Waals surface area contributed by atoms with E-state index in [9.17, 15) is 4.79 Å². The third-order valence-electron chi connectivity index (χ3n) is 5.02. The Bertz CT molecular complexity index is 1170. The van der Waals surface area contributed by atoms with E-state index in [-0.39, 0.29) is 17.8 Å². The van der Waals surface area contributed by atoms with E-state index in [1.165, 1.54) is 0 Å². The van der Waals surface area contributed by atoms with Crippen LogP contribution in [-0.2, 0) is 7.05 Å². The lowest BCUT2D eigenvalue weighted by molar-refractivity contribution is 0.280. The zero-order valence-electron chi connectivity index (χ0n) is 14.2. The molecule has 0 bridgehead atoms. The van der Waals surface area contributed by atoms with Crippen LogP contribution in [-0.4, -0.2) is 35.1 Å². The first-order chi connectivity index (χ1) is 12.7. The Morgan fingerprint density at radius 3 is 2.73 bits per heavy atom. The maximum Gasteiger partial charge on any atom is 0.331 e. The molecule has 0 spiro atoms. The minimum atomic E-state index is -0.0652. The van der Waals surface area contributed by atoms with Crippen LogP contribution in [0, 0.1) is 0 Å². The van der Waals surface area contributed by atoms with Gasteiger partial charge in [0.05, 0.1) is 11.7 Å². The molecule has 0 amide bonds. The molecule has 1 fully saturated rings. The summed E-state index contributed by atoms with van der Waals surface area (Å²) in [7, 11) is 1.73. The Morgan fingerprint density at radius 2 is 1.88 bits per heavy atom. The Balaban J connectivity index is 1.36. The van der Waals surface area contributed by atoms with Gasteiger partial charge in [-0.3, -0.25) is 14.1 Å². The van der Waals surface area contributed by atoms with Crippen LogP contribution in [0.15, 0.2) is 47.8 Å². The highest BCUT2D eigenvalue weighted by Gasteiger charge is 2.34. The van der Waals surface area contributed by atoms with Crippen LogP contribution in [0.3, 0.4) is 0 Å². The second kappa shape index (κ2) is 5.62. The van der Waals surface area contributed by atoms with Crippen molar-refractivity contribution in [3.63, 3.8) is 0 Å². The van der Waals surface area contributed by atoms with Crippen molar-refractivity contribution in [2.75, 3.05) is 5.32 Å². The third kappa shape index (κ3) is 2.26. The fraction of sp³-hybridized carbons (Fsp3) is 0.278. The predicted molar refractivity (Wildman–Crippen MR) is 98.0 cm³/mol. The largest absolute Gasteiger partial charge is 0.367 e. The van der Waals surface area contributed by atoms with Crippen LogP contribution >= 0.6 is 0 Å². The van der Waals surface area contributed by atoms with E-state index in [2.05, 4.69) is 25.3 Å². The van der Waals surface area contributed by atoms with Gasteiger partial charge in [0, 0.05) is 43.1 Å². The number of hydrogen-bond acceptors (Lipinski definition) is 6. The molecule has 4 aromatic heterocycles. The Hall–Kier alpha value is -3.29. The molecule has 0 atom stereocenters. The van der Waals surface area contributed by atoms with Crippen LogP contribution in [0.5, 0.6) is 0 Å². The molecule has 1 N–H and O–H groups in total. The van der Waals surface area contributed by atoms with Gasteiger partial charge in [-0.2, -0.15) is 0 Å². The summed E-state index contributed by atoms with van der Waals surface area (Å²) >= 11 is 0. The molecule has 8 nitrogen and oxygen atoms in total.